The van der Waals surface area contributed by atoms with Crippen LogP contribution in [-0.2, 0) is 11.8 Å². The maximum atomic E-state index is 2.60. The summed E-state index contributed by atoms with van der Waals surface area (Å²) in [7, 11) is 0. The molecule has 1 aromatic heterocycles. The fourth-order valence-corrected chi connectivity index (χ4v) is 10.9. The number of benzene rings is 3. The van der Waals surface area contributed by atoms with Crippen LogP contribution in [0.25, 0.3) is 33.3 Å². The Morgan fingerprint density at radius 3 is 2.60 bits per heavy atom. The van der Waals surface area contributed by atoms with Gasteiger partial charge in [0, 0.05) is 31.8 Å². The van der Waals surface area contributed by atoms with Crippen LogP contribution in [0, 0.1) is 11.8 Å². The standard InChI is InChI=1S/C43H43NS/c1-25-20-27(3)41-32-11-7-8-13-37(32)44(38(41)21-25)30-15-17-39-33(24-30)36-23-29(18-19-43(36,6)45-39)28-14-16-31-35(22-28)42(4,5)34-12-9-10-26(2)40(31)34/h7-9,11-18,22-27H,10,19-21H2,1-6H3. The summed E-state index contributed by atoms with van der Waals surface area (Å²) in [6.45, 7) is 14.5. The van der Waals surface area contributed by atoms with Crippen LogP contribution in [0.3, 0.4) is 0 Å². The average Bonchev–Trinajstić information content (AvgIpc) is 3.59. The molecule has 2 heteroatoms. The highest BCUT2D eigenvalue weighted by atomic mass is 32.2. The number of para-hydroxylation sites is 1. The van der Waals surface area contributed by atoms with Gasteiger partial charge in [0.1, 0.15) is 0 Å². The topological polar surface area (TPSA) is 4.93 Å². The van der Waals surface area contributed by atoms with Gasteiger partial charge in [-0.25, -0.2) is 0 Å². The highest BCUT2D eigenvalue weighted by Gasteiger charge is 2.42. The first-order chi connectivity index (χ1) is 21.6. The van der Waals surface area contributed by atoms with E-state index in [0.29, 0.717) is 17.8 Å². The lowest BCUT2D eigenvalue weighted by atomic mass is 9.78. The maximum Gasteiger partial charge on any atom is 0.0534 e. The molecule has 0 saturated heterocycles. The Morgan fingerprint density at radius 1 is 0.889 bits per heavy atom. The second-order valence-electron chi connectivity index (χ2n) is 15.3. The quantitative estimate of drug-likeness (QED) is 0.220. The van der Waals surface area contributed by atoms with Gasteiger partial charge in [0.05, 0.1) is 5.52 Å². The molecule has 4 unspecified atom stereocenters. The Bertz CT molecular complexity index is 2080. The van der Waals surface area contributed by atoms with Crippen LogP contribution in [0.1, 0.15) is 100 Å². The van der Waals surface area contributed by atoms with Gasteiger partial charge in [0.2, 0.25) is 0 Å². The molecule has 0 N–H and O–H groups in total. The minimum atomic E-state index is 0.0428. The Hall–Kier alpha value is -3.49. The van der Waals surface area contributed by atoms with E-state index in [-0.39, 0.29) is 10.2 Å². The van der Waals surface area contributed by atoms with E-state index in [1.54, 1.807) is 11.1 Å². The molecule has 2 heterocycles. The van der Waals surface area contributed by atoms with Gasteiger partial charge in [-0.2, -0.15) is 0 Å². The van der Waals surface area contributed by atoms with Gasteiger partial charge in [-0.15, -0.1) is 11.8 Å². The summed E-state index contributed by atoms with van der Waals surface area (Å²) in [5.41, 5.74) is 17.5. The Balaban J connectivity index is 1.15. The van der Waals surface area contributed by atoms with Crippen molar-refractivity contribution in [2.75, 3.05) is 0 Å². The Kier molecular flexibility index (Phi) is 5.88. The molecular weight excluding hydrogens is 563 g/mol. The molecule has 45 heavy (non-hydrogen) atoms. The van der Waals surface area contributed by atoms with Crippen molar-refractivity contribution in [3.05, 3.63) is 124 Å². The first kappa shape index (κ1) is 27.8. The summed E-state index contributed by atoms with van der Waals surface area (Å²) in [5, 5.41) is 1.44. The molecule has 1 aliphatic heterocycles. The second kappa shape index (κ2) is 9.52. The zero-order chi connectivity index (χ0) is 30.8. The van der Waals surface area contributed by atoms with Crippen LogP contribution >= 0.6 is 11.8 Å². The lowest BCUT2D eigenvalue weighted by Crippen LogP contribution is -2.20. The van der Waals surface area contributed by atoms with Crippen molar-refractivity contribution >= 4 is 39.4 Å². The third kappa shape index (κ3) is 3.88. The summed E-state index contributed by atoms with van der Waals surface area (Å²) in [4.78, 5) is 1.42. The lowest BCUT2D eigenvalue weighted by Gasteiger charge is -2.29. The lowest BCUT2D eigenvalue weighted by molar-refractivity contribution is 0.443. The molecule has 5 aliphatic rings. The number of thioether (sulfide) groups is 1. The molecule has 0 fully saturated rings. The molecular formula is C43H43NS. The number of fused-ring (bicyclic) bond motifs is 8. The van der Waals surface area contributed by atoms with Crippen molar-refractivity contribution in [1.29, 1.82) is 0 Å². The van der Waals surface area contributed by atoms with Gasteiger partial charge in [0.15, 0.2) is 0 Å². The van der Waals surface area contributed by atoms with Gasteiger partial charge >= 0.3 is 0 Å². The number of nitrogens with zero attached hydrogens (tertiary/aromatic N) is 1. The predicted molar refractivity (Wildman–Crippen MR) is 193 cm³/mol. The second-order valence-corrected chi connectivity index (χ2v) is 16.9. The van der Waals surface area contributed by atoms with E-state index in [1.165, 1.54) is 72.6 Å². The SMILES string of the molecule is CC1Cc2c(c3ccccc3n2-c2ccc3c(c2)C2=CC(c4ccc5c(c4)C(C)(C)C4=C5C(C)CC=C4)=CCC2(C)S3)C(C)C1. The fourth-order valence-electron chi connectivity index (χ4n) is 9.58. The minimum absolute atomic E-state index is 0.0428. The summed E-state index contributed by atoms with van der Waals surface area (Å²) < 4.78 is 2.67. The number of aromatic nitrogens is 1. The van der Waals surface area contributed by atoms with Crippen LogP contribution in [0.2, 0.25) is 0 Å². The first-order valence-electron chi connectivity index (χ1n) is 17.1. The smallest absolute Gasteiger partial charge is 0.0534 e. The Labute approximate surface area is 272 Å². The van der Waals surface area contributed by atoms with Gasteiger partial charge in [-0.1, -0.05) is 83.2 Å². The Morgan fingerprint density at radius 2 is 1.73 bits per heavy atom. The number of hydrogen-bond donors (Lipinski definition) is 0. The van der Waals surface area contributed by atoms with E-state index >= 15 is 0 Å². The molecule has 9 rings (SSSR count). The highest BCUT2D eigenvalue weighted by Crippen LogP contribution is 2.58. The van der Waals surface area contributed by atoms with Crippen molar-refractivity contribution < 1.29 is 0 Å². The molecule has 3 aromatic carbocycles. The van der Waals surface area contributed by atoms with Crippen LogP contribution in [0.15, 0.2) is 95.4 Å². The zero-order valence-electron chi connectivity index (χ0n) is 27.5. The van der Waals surface area contributed by atoms with Crippen molar-refractivity contribution in [3.63, 3.8) is 0 Å². The molecule has 0 bridgehead atoms. The van der Waals surface area contributed by atoms with Gasteiger partial charge < -0.3 is 4.57 Å². The molecule has 0 spiro atoms. The normalized spacial score (nSPS) is 27.5. The van der Waals surface area contributed by atoms with E-state index in [9.17, 15) is 0 Å². The van der Waals surface area contributed by atoms with Crippen LogP contribution < -0.4 is 0 Å². The minimum Gasteiger partial charge on any atom is -0.313 e. The van der Waals surface area contributed by atoms with Crippen molar-refractivity contribution in [3.8, 4) is 5.69 Å². The third-order valence-corrected chi connectivity index (χ3v) is 13.2. The number of allylic oxidation sites excluding steroid dienone is 7. The first-order valence-corrected chi connectivity index (χ1v) is 17.9. The molecule has 4 aromatic rings. The van der Waals surface area contributed by atoms with Crippen molar-refractivity contribution in [2.24, 2.45) is 11.8 Å². The highest BCUT2D eigenvalue weighted by molar-refractivity contribution is 8.01. The van der Waals surface area contributed by atoms with E-state index in [4.69, 9.17) is 0 Å². The molecule has 0 saturated carbocycles. The maximum absolute atomic E-state index is 2.60. The van der Waals surface area contributed by atoms with Crippen LogP contribution in [0.4, 0.5) is 0 Å². The van der Waals surface area contributed by atoms with E-state index in [2.05, 4.69) is 143 Å². The van der Waals surface area contributed by atoms with E-state index < -0.39 is 0 Å². The molecule has 0 radical (unpaired) electrons. The van der Waals surface area contributed by atoms with Crippen molar-refractivity contribution in [1.82, 2.24) is 4.57 Å². The summed E-state index contributed by atoms with van der Waals surface area (Å²) in [6, 6.07) is 23.7. The van der Waals surface area contributed by atoms with E-state index in [0.717, 1.165) is 19.3 Å². The van der Waals surface area contributed by atoms with Crippen LogP contribution in [0.5, 0.6) is 0 Å². The monoisotopic (exact) mass is 605 g/mol. The molecule has 226 valence electrons. The predicted octanol–water partition coefficient (Wildman–Crippen LogP) is 11.7. The fraction of sp³-hybridized carbons (Fsp3) is 0.349. The summed E-state index contributed by atoms with van der Waals surface area (Å²) in [5.74, 6) is 1.88. The van der Waals surface area contributed by atoms with Gasteiger partial charge in [-0.05, 0) is 137 Å². The van der Waals surface area contributed by atoms with E-state index in [1.807, 2.05) is 0 Å². The largest absolute Gasteiger partial charge is 0.313 e. The zero-order valence-corrected chi connectivity index (χ0v) is 28.3. The molecule has 1 nitrogen and oxygen atoms in total. The van der Waals surface area contributed by atoms with Crippen molar-refractivity contribution in [2.45, 2.75) is 88.2 Å². The van der Waals surface area contributed by atoms with Gasteiger partial charge in [-0.3, -0.25) is 0 Å². The van der Waals surface area contributed by atoms with Crippen LogP contribution in [-0.4, -0.2) is 9.31 Å². The summed E-state index contributed by atoms with van der Waals surface area (Å²) >= 11 is 2.06. The third-order valence-electron chi connectivity index (χ3n) is 11.8. The molecule has 0 amide bonds. The molecule has 4 aliphatic carbocycles. The number of rotatable bonds is 2. The van der Waals surface area contributed by atoms with Gasteiger partial charge in [0.25, 0.3) is 0 Å². The summed E-state index contributed by atoms with van der Waals surface area (Å²) in [6.07, 6.45) is 14.4. The number of hydrogen-bond acceptors (Lipinski definition) is 1. The average molecular weight is 606 g/mol. The molecule has 4 atom stereocenters.